The lowest BCUT2D eigenvalue weighted by Gasteiger charge is -2.32. The van der Waals surface area contributed by atoms with E-state index < -0.39 is 11.9 Å². The molecule has 2 aromatic rings. The van der Waals surface area contributed by atoms with Crippen LogP contribution >= 0.6 is 0 Å². The van der Waals surface area contributed by atoms with Crippen molar-refractivity contribution < 1.29 is 14.3 Å². The Bertz CT molecular complexity index is 799. The van der Waals surface area contributed by atoms with Gasteiger partial charge in [-0.3, -0.25) is 4.79 Å². The van der Waals surface area contributed by atoms with Crippen molar-refractivity contribution in [2.24, 2.45) is 10.9 Å². The molecule has 0 fully saturated rings. The average Bonchev–Trinajstić information content (AvgIpc) is 2.54. The molecule has 4 rings (SSSR count). The predicted molar refractivity (Wildman–Crippen MR) is 81.0 cm³/mol. The molecule has 108 valence electrons. The van der Waals surface area contributed by atoms with E-state index in [9.17, 15) is 9.59 Å². The van der Waals surface area contributed by atoms with Crippen LogP contribution in [0.2, 0.25) is 0 Å². The Hall–Kier alpha value is -2.95. The minimum absolute atomic E-state index is 0.195. The van der Waals surface area contributed by atoms with Crippen LogP contribution in [0.15, 0.2) is 59.6 Å². The number of aliphatic imine (C=N–C) groups is 1. The van der Waals surface area contributed by atoms with Gasteiger partial charge in [-0.25, -0.2) is 9.69 Å². The number of carbonyl (C=O) groups excluding carboxylic acids is 2. The Morgan fingerprint density at radius 3 is 2.55 bits per heavy atom. The van der Waals surface area contributed by atoms with Crippen molar-refractivity contribution in [3.05, 3.63) is 60.2 Å². The number of hydrogen-bond acceptors (Lipinski definition) is 3. The molecule has 0 saturated carbocycles. The smallest absolute Gasteiger partial charge is 0.357 e. The number of carbonyl (C=O) groups is 2. The third-order valence-corrected chi connectivity index (χ3v) is 3.84. The highest BCUT2D eigenvalue weighted by atomic mass is 16.5. The number of hydrogen-bond donors (Lipinski definition) is 0. The first-order valence-electron chi connectivity index (χ1n) is 7.01. The molecule has 0 radical (unpaired) electrons. The van der Waals surface area contributed by atoms with Gasteiger partial charge in [-0.15, -0.1) is 0 Å². The maximum absolute atomic E-state index is 12.7. The largest absolute Gasteiger partial charge is 0.442 e. The molecule has 0 aliphatic carbocycles. The summed E-state index contributed by atoms with van der Waals surface area (Å²) in [5, 5.41) is 0. The highest BCUT2D eigenvalue weighted by Crippen LogP contribution is 2.32. The second-order valence-corrected chi connectivity index (χ2v) is 5.21. The summed E-state index contributed by atoms with van der Waals surface area (Å²) in [7, 11) is 0. The van der Waals surface area contributed by atoms with Gasteiger partial charge in [-0.1, -0.05) is 36.4 Å². The van der Waals surface area contributed by atoms with Crippen LogP contribution in [0, 0.1) is 5.92 Å². The molecule has 3 amide bonds. The monoisotopic (exact) mass is 292 g/mol. The van der Waals surface area contributed by atoms with Crippen LogP contribution in [0.5, 0.6) is 5.75 Å². The second kappa shape index (κ2) is 4.80. The molecule has 22 heavy (non-hydrogen) atoms. The zero-order valence-electron chi connectivity index (χ0n) is 11.6. The molecule has 0 spiro atoms. The lowest BCUT2D eigenvalue weighted by molar-refractivity contribution is -0.120. The van der Waals surface area contributed by atoms with Gasteiger partial charge in [0.2, 0.25) is 11.8 Å². The van der Waals surface area contributed by atoms with Crippen molar-refractivity contribution in [3.63, 3.8) is 0 Å². The molecule has 0 N–H and O–H groups in total. The van der Waals surface area contributed by atoms with Gasteiger partial charge >= 0.3 is 6.03 Å². The summed E-state index contributed by atoms with van der Waals surface area (Å²) in [6.07, 6.45) is 0.491. The van der Waals surface area contributed by atoms with Crippen molar-refractivity contribution in [1.82, 2.24) is 0 Å². The molecular formula is C17H12N2O3. The van der Waals surface area contributed by atoms with Crippen LogP contribution in [0.25, 0.3) is 0 Å². The third kappa shape index (κ3) is 1.90. The fourth-order valence-corrected chi connectivity index (χ4v) is 2.77. The molecular weight excluding hydrogens is 280 g/mol. The van der Waals surface area contributed by atoms with E-state index >= 15 is 0 Å². The fraction of sp³-hybridized carbons (Fsp3) is 0.118. The van der Waals surface area contributed by atoms with E-state index in [0.717, 1.165) is 10.5 Å². The fourth-order valence-electron chi connectivity index (χ4n) is 2.77. The molecule has 2 aliphatic rings. The number of nitrogens with zero attached hydrogens (tertiary/aromatic N) is 2. The highest BCUT2D eigenvalue weighted by Gasteiger charge is 2.42. The number of rotatable bonds is 1. The van der Waals surface area contributed by atoms with E-state index in [2.05, 4.69) is 4.99 Å². The van der Waals surface area contributed by atoms with E-state index in [1.807, 2.05) is 30.3 Å². The molecule has 2 heterocycles. The van der Waals surface area contributed by atoms with E-state index in [0.29, 0.717) is 17.9 Å². The molecule has 1 atom stereocenters. The molecule has 2 aromatic carbocycles. The zero-order chi connectivity index (χ0) is 15.1. The normalized spacial score (nSPS) is 19.9. The number of imide groups is 1. The summed E-state index contributed by atoms with van der Waals surface area (Å²) in [6.45, 7) is 0. The lowest BCUT2D eigenvalue weighted by atomic mass is 9.93. The SMILES string of the molecule is O=C1N=C2Oc3ccccc3CC2C(=O)N1c1ccccc1. The molecule has 0 bridgehead atoms. The van der Waals surface area contributed by atoms with Gasteiger partial charge in [0.05, 0.1) is 5.69 Å². The molecule has 5 heteroatoms. The van der Waals surface area contributed by atoms with Crippen molar-refractivity contribution in [3.8, 4) is 5.75 Å². The number of anilines is 1. The van der Waals surface area contributed by atoms with E-state index in [1.54, 1.807) is 24.3 Å². The number of ether oxygens (including phenoxy) is 1. The van der Waals surface area contributed by atoms with Crippen molar-refractivity contribution in [1.29, 1.82) is 0 Å². The highest BCUT2D eigenvalue weighted by molar-refractivity contribution is 6.26. The standard InChI is InChI=1S/C17H12N2O3/c20-16-13-10-11-6-4-5-9-14(11)22-15(13)18-17(21)19(16)12-7-2-1-3-8-12/h1-9,13H,10H2. The Morgan fingerprint density at radius 2 is 1.73 bits per heavy atom. The van der Waals surface area contributed by atoms with Gasteiger partial charge < -0.3 is 4.74 Å². The van der Waals surface area contributed by atoms with Crippen molar-refractivity contribution >= 4 is 23.5 Å². The van der Waals surface area contributed by atoms with Crippen LogP contribution < -0.4 is 9.64 Å². The van der Waals surface area contributed by atoms with Crippen LogP contribution in [-0.4, -0.2) is 17.8 Å². The average molecular weight is 292 g/mol. The van der Waals surface area contributed by atoms with Crippen LogP contribution in [-0.2, 0) is 11.2 Å². The van der Waals surface area contributed by atoms with Gasteiger partial charge in [0, 0.05) is 0 Å². The van der Waals surface area contributed by atoms with E-state index in [1.165, 1.54) is 0 Å². The van der Waals surface area contributed by atoms with Gasteiger partial charge in [0.15, 0.2) is 0 Å². The zero-order valence-corrected chi connectivity index (χ0v) is 11.6. The van der Waals surface area contributed by atoms with Crippen LogP contribution in [0.1, 0.15) is 5.56 Å². The number of amides is 3. The second-order valence-electron chi connectivity index (χ2n) is 5.21. The van der Waals surface area contributed by atoms with E-state index in [4.69, 9.17) is 4.74 Å². The summed E-state index contributed by atoms with van der Waals surface area (Å²) in [5.74, 6) is 0.00986. The van der Waals surface area contributed by atoms with Crippen molar-refractivity contribution in [2.75, 3.05) is 4.90 Å². The summed E-state index contributed by atoms with van der Waals surface area (Å²) in [6, 6.07) is 15.7. The Morgan fingerprint density at radius 1 is 1.00 bits per heavy atom. The first kappa shape index (κ1) is 12.8. The molecule has 1 unspecified atom stereocenters. The molecule has 2 aliphatic heterocycles. The Kier molecular flexibility index (Phi) is 2.79. The maximum atomic E-state index is 12.7. The maximum Gasteiger partial charge on any atom is 0.357 e. The first-order valence-corrected chi connectivity index (χ1v) is 7.01. The van der Waals surface area contributed by atoms with Gasteiger partial charge in [0.25, 0.3) is 0 Å². The Labute approximate surface area is 126 Å². The van der Waals surface area contributed by atoms with Gasteiger partial charge in [-0.2, -0.15) is 4.99 Å². The molecule has 5 nitrogen and oxygen atoms in total. The number of benzene rings is 2. The number of para-hydroxylation sites is 2. The van der Waals surface area contributed by atoms with Crippen LogP contribution in [0.3, 0.4) is 0 Å². The quantitative estimate of drug-likeness (QED) is 0.812. The topological polar surface area (TPSA) is 59.0 Å². The number of urea groups is 1. The molecule has 0 aromatic heterocycles. The first-order chi connectivity index (χ1) is 10.7. The van der Waals surface area contributed by atoms with Gasteiger partial charge in [-0.05, 0) is 30.2 Å². The molecule has 0 saturated heterocycles. The summed E-state index contributed by atoms with van der Waals surface area (Å²) in [4.78, 5) is 30.0. The minimum Gasteiger partial charge on any atom is -0.442 e. The predicted octanol–water partition coefficient (Wildman–Crippen LogP) is 2.80. The lowest BCUT2D eigenvalue weighted by Crippen LogP contribution is -2.50. The Balaban J connectivity index is 1.75. The van der Waals surface area contributed by atoms with Crippen LogP contribution in [0.4, 0.5) is 10.5 Å². The van der Waals surface area contributed by atoms with E-state index in [-0.39, 0.29) is 11.8 Å². The summed E-state index contributed by atoms with van der Waals surface area (Å²) < 4.78 is 5.64. The third-order valence-electron chi connectivity index (χ3n) is 3.84. The summed E-state index contributed by atoms with van der Waals surface area (Å²) >= 11 is 0. The number of fused-ring (bicyclic) bond motifs is 2. The summed E-state index contributed by atoms with van der Waals surface area (Å²) in [5.41, 5.74) is 1.47. The minimum atomic E-state index is -0.609. The van der Waals surface area contributed by atoms with Crippen molar-refractivity contribution in [2.45, 2.75) is 6.42 Å². The van der Waals surface area contributed by atoms with Gasteiger partial charge in [0.1, 0.15) is 11.7 Å².